The molecule has 0 saturated carbocycles. The second-order valence-corrected chi connectivity index (χ2v) is 2.81. The first-order valence-electron chi connectivity index (χ1n) is 4.55. The van der Waals surface area contributed by atoms with Gasteiger partial charge in [-0.15, -0.1) is 0 Å². The van der Waals surface area contributed by atoms with Gasteiger partial charge in [0.05, 0.1) is 5.56 Å². The van der Waals surface area contributed by atoms with Gasteiger partial charge in [0.15, 0.2) is 0 Å². The van der Waals surface area contributed by atoms with Gasteiger partial charge in [0, 0.05) is 25.5 Å². The number of carbonyl (C=O) groups excluding carboxylic acids is 2. The Morgan fingerprint density at radius 2 is 2.07 bits per heavy atom. The van der Waals surface area contributed by atoms with Crippen LogP contribution in [0.3, 0.4) is 0 Å². The summed E-state index contributed by atoms with van der Waals surface area (Å²) >= 11 is 0. The molecule has 15 heavy (non-hydrogen) atoms. The molecule has 6 nitrogen and oxygen atoms in total. The summed E-state index contributed by atoms with van der Waals surface area (Å²) in [5, 5.41) is 5.19. The normalized spacial score (nSPS) is 9.33. The molecule has 1 aromatic rings. The zero-order valence-corrected chi connectivity index (χ0v) is 8.14. The van der Waals surface area contributed by atoms with Gasteiger partial charge in [-0.2, -0.15) is 0 Å². The first-order valence-corrected chi connectivity index (χ1v) is 4.55. The minimum Gasteiger partial charge on any atom is -0.359 e. The molecule has 6 heteroatoms. The molecule has 80 valence electrons. The molecule has 0 saturated heterocycles. The van der Waals surface area contributed by atoms with Gasteiger partial charge in [-0.1, -0.05) is 0 Å². The van der Waals surface area contributed by atoms with Gasteiger partial charge in [-0.3, -0.25) is 9.59 Å². The van der Waals surface area contributed by atoms with E-state index in [1.54, 1.807) is 0 Å². The number of rotatable bonds is 6. The van der Waals surface area contributed by atoms with Crippen LogP contribution >= 0.6 is 0 Å². The van der Waals surface area contributed by atoms with Crippen LogP contribution in [-0.2, 0) is 4.79 Å². The summed E-state index contributed by atoms with van der Waals surface area (Å²) in [5.41, 5.74) is 0.431. The van der Waals surface area contributed by atoms with Crippen molar-refractivity contribution in [3.8, 4) is 0 Å². The summed E-state index contributed by atoms with van der Waals surface area (Å²) < 4.78 is 0. The number of nitrogens with zero attached hydrogens (tertiary/aromatic N) is 2. The van der Waals surface area contributed by atoms with Crippen LogP contribution in [0.15, 0.2) is 18.7 Å². The predicted molar refractivity (Wildman–Crippen MR) is 53.0 cm³/mol. The lowest BCUT2D eigenvalue weighted by atomic mass is 10.3. The van der Waals surface area contributed by atoms with Crippen molar-refractivity contribution in [2.24, 2.45) is 0 Å². The highest BCUT2D eigenvalue weighted by Crippen LogP contribution is 1.91. The summed E-state index contributed by atoms with van der Waals surface area (Å²) in [6, 6.07) is 0. The number of carbonyl (C=O) groups is 2. The highest BCUT2D eigenvalue weighted by Gasteiger charge is 2.03. The fourth-order valence-electron chi connectivity index (χ4n) is 0.970. The fraction of sp³-hybridized carbons (Fsp3) is 0.333. The zero-order valence-electron chi connectivity index (χ0n) is 8.14. The van der Waals surface area contributed by atoms with Crippen LogP contribution in [0.1, 0.15) is 16.8 Å². The van der Waals surface area contributed by atoms with Gasteiger partial charge in [0.25, 0.3) is 5.91 Å². The Morgan fingerprint density at radius 1 is 1.33 bits per heavy atom. The van der Waals surface area contributed by atoms with E-state index in [9.17, 15) is 9.59 Å². The third-order valence-corrected chi connectivity index (χ3v) is 1.69. The van der Waals surface area contributed by atoms with Gasteiger partial charge >= 0.3 is 0 Å². The highest BCUT2D eigenvalue weighted by atomic mass is 16.1. The summed E-state index contributed by atoms with van der Waals surface area (Å²) in [5.74, 6) is -0.207. The molecule has 0 aliphatic carbocycles. The number of hydrogen-bond acceptors (Lipinski definition) is 4. The van der Waals surface area contributed by atoms with E-state index in [-0.39, 0.29) is 5.91 Å². The van der Waals surface area contributed by atoms with Gasteiger partial charge in [-0.25, -0.2) is 9.97 Å². The average Bonchev–Trinajstić information content (AvgIpc) is 2.30. The molecule has 0 atom stereocenters. The molecule has 1 rings (SSSR count). The van der Waals surface area contributed by atoms with Crippen LogP contribution in [0.25, 0.3) is 0 Å². The van der Waals surface area contributed by atoms with E-state index >= 15 is 0 Å². The first kappa shape index (κ1) is 11.1. The van der Waals surface area contributed by atoms with E-state index in [1.807, 2.05) is 0 Å². The van der Waals surface area contributed by atoms with Crippen molar-refractivity contribution in [2.45, 2.75) is 6.42 Å². The van der Waals surface area contributed by atoms with Gasteiger partial charge in [0.2, 0.25) is 6.41 Å². The van der Waals surface area contributed by atoms with Crippen molar-refractivity contribution < 1.29 is 9.59 Å². The molecule has 0 unspecified atom stereocenters. The molecule has 1 heterocycles. The van der Waals surface area contributed by atoms with E-state index in [0.29, 0.717) is 31.5 Å². The lowest BCUT2D eigenvalue weighted by molar-refractivity contribution is -0.109. The van der Waals surface area contributed by atoms with Crippen molar-refractivity contribution in [2.75, 3.05) is 13.1 Å². The molecule has 1 aromatic heterocycles. The van der Waals surface area contributed by atoms with E-state index in [4.69, 9.17) is 0 Å². The number of amides is 2. The van der Waals surface area contributed by atoms with Gasteiger partial charge in [0.1, 0.15) is 6.33 Å². The molecular formula is C9H12N4O2. The van der Waals surface area contributed by atoms with Crippen LogP contribution < -0.4 is 10.6 Å². The fourth-order valence-corrected chi connectivity index (χ4v) is 0.970. The minimum atomic E-state index is -0.207. The highest BCUT2D eigenvalue weighted by molar-refractivity contribution is 5.93. The van der Waals surface area contributed by atoms with Crippen LogP contribution in [0, 0.1) is 0 Å². The van der Waals surface area contributed by atoms with Crippen molar-refractivity contribution in [3.63, 3.8) is 0 Å². The first-order chi connectivity index (χ1) is 7.34. The standard InChI is InChI=1S/C9H12N4O2/c14-7-10-2-1-3-13-9(15)8-4-11-6-12-5-8/h4-7H,1-3H2,(H,10,14)(H,13,15). The number of aromatic nitrogens is 2. The summed E-state index contributed by atoms with van der Waals surface area (Å²) in [6.07, 6.45) is 5.59. The Hall–Kier alpha value is -1.98. The van der Waals surface area contributed by atoms with Crippen LogP contribution in [0.2, 0.25) is 0 Å². The zero-order chi connectivity index (χ0) is 10.9. The van der Waals surface area contributed by atoms with Crippen LogP contribution in [-0.4, -0.2) is 35.4 Å². The number of hydrogen-bond donors (Lipinski definition) is 2. The van der Waals surface area contributed by atoms with Gasteiger partial charge in [-0.05, 0) is 6.42 Å². The topological polar surface area (TPSA) is 84.0 Å². The molecule has 0 aromatic carbocycles. The SMILES string of the molecule is O=CNCCCNC(=O)c1cncnc1. The maximum atomic E-state index is 11.4. The van der Waals surface area contributed by atoms with Crippen LogP contribution in [0.4, 0.5) is 0 Å². The Morgan fingerprint density at radius 3 is 2.73 bits per heavy atom. The third kappa shape index (κ3) is 4.17. The second-order valence-electron chi connectivity index (χ2n) is 2.81. The third-order valence-electron chi connectivity index (χ3n) is 1.69. The van der Waals surface area contributed by atoms with Crippen molar-refractivity contribution in [3.05, 3.63) is 24.3 Å². The monoisotopic (exact) mass is 208 g/mol. The van der Waals surface area contributed by atoms with E-state index in [0.717, 1.165) is 0 Å². The molecule has 2 N–H and O–H groups in total. The molecule has 0 radical (unpaired) electrons. The van der Waals surface area contributed by atoms with E-state index in [2.05, 4.69) is 20.6 Å². The van der Waals surface area contributed by atoms with Crippen molar-refractivity contribution in [1.29, 1.82) is 0 Å². The van der Waals surface area contributed by atoms with Crippen LogP contribution in [0.5, 0.6) is 0 Å². The lowest BCUT2D eigenvalue weighted by Gasteiger charge is -2.03. The lowest BCUT2D eigenvalue weighted by Crippen LogP contribution is -2.27. The Labute approximate surface area is 87.1 Å². The Kier molecular flexibility index (Phi) is 4.79. The molecule has 2 amide bonds. The molecule has 0 spiro atoms. The maximum Gasteiger partial charge on any atom is 0.254 e. The Balaban J connectivity index is 2.22. The minimum absolute atomic E-state index is 0.207. The van der Waals surface area contributed by atoms with E-state index < -0.39 is 0 Å². The smallest absolute Gasteiger partial charge is 0.254 e. The molecular weight excluding hydrogens is 196 g/mol. The predicted octanol–water partition coefficient (Wildman–Crippen LogP) is -0.657. The summed E-state index contributed by atoms with van der Waals surface area (Å²) in [7, 11) is 0. The summed E-state index contributed by atoms with van der Waals surface area (Å²) in [4.78, 5) is 28.8. The molecule has 0 fully saturated rings. The second kappa shape index (κ2) is 6.47. The largest absolute Gasteiger partial charge is 0.359 e. The molecule has 0 bridgehead atoms. The molecule has 0 aliphatic rings. The van der Waals surface area contributed by atoms with Crippen molar-refractivity contribution in [1.82, 2.24) is 20.6 Å². The maximum absolute atomic E-state index is 11.4. The van der Waals surface area contributed by atoms with Gasteiger partial charge < -0.3 is 10.6 Å². The number of nitrogens with one attached hydrogen (secondary N) is 2. The Bertz CT molecular complexity index is 315. The average molecular weight is 208 g/mol. The summed E-state index contributed by atoms with van der Waals surface area (Å²) in [6.45, 7) is 1.06. The van der Waals surface area contributed by atoms with Crippen molar-refractivity contribution >= 4 is 12.3 Å². The quantitative estimate of drug-likeness (QED) is 0.480. The van der Waals surface area contributed by atoms with E-state index in [1.165, 1.54) is 18.7 Å². The molecule has 0 aliphatic heterocycles.